The van der Waals surface area contributed by atoms with Crippen LogP contribution in [0.5, 0.6) is 0 Å². The van der Waals surface area contributed by atoms with Crippen molar-refractivity contribution in [2.75, 3.05) is 13.7 Å². The van der Waals surface area contributed by atoms with E-state index in [1.807, 2.05) is 0 Å². The van der Waals surface area contributed by atoms with Gasteiger partial charge in [-0.2, -0.15) is 0 Å². The standard InChI is InChI=1S/C11H21NO/c1-12-10-4-5-11(12)8-9(7-10)3-2-6-13/h9-11,13H,2-8H2,1H3. The largest absolute Gasteiger partial charge is 0.396 e. The fourth-order valence-electron chi connectivity index (χ4n) is 3.14. The van der Waals surface area contributed by atoms with Crippen molar-refractivity contribution >= 4 is 0 Å². The summed E-state index contributed by atoms with van der Waals surface area (Å²) in [5, 5.41) is 8.79. The van der Waals surface area contributed by atoms with Crippen molar-refractivity contribution in [1.82, 2.24) is 4.90 Å². The van der Waals surface area contributed by atoms with Gasteiger partial charge in [0.2, 0.25) is 0 Å². The van der Waals surface area contributed by atoms with Crippen molar-refractivity contribution in [3.63, 3.8) is 0 Å². The zero-order valence-corrected chi connectivity index (χ0v) is 8.58. The second kappa shape index (κ2) is 3.97. The summed E-state index contributed by atoms with van der Waals surface area (Å²) < 4.78 is 0. The van der Waals surface area contributed by atoms with Crippen molar-refractivity contribution in [2.45, 2.75) is 50.6 Å². The molecule has 0 saturated carbocycles. The Morgan fingerprint density at radius 3 is 2.38 bits per heavy atom. The third kappa shape index (κ3) is 1.89. The molecule has 2 nitrogen and oxygen atoms in total. The first-order valence-corrected chi connectivity index (χ1v) is 5.64. The van der Waals surface area contributed by atoms with Crippen LogP contribution in [0.3, 0.4) is 0 Å². The highest BCUT2D eigenvalue weighted by atomic mass is 16.2. The van der Waals surface area contributed by atoms with E-state index in [9.17, 15) is 0 Å². The second-order valence-electron chi connectivity index (χ2n) is 4.75. The Kier molecular flexibility index (Phi) is 2.89. The molecule has 2 rings (SSSR count). The maximum absolute atomic E-state index is 8.79. The van der Waals surface area contributed by atoms with E-state index in [-0.39, 0.29) is 0 Å². The lowest BCUT2D eigenvalue weighted by Crippen LogP contribution is -2.39. The van der Waals surface area contributed by atoms with Gasteiger partial charge >= 0.3 is 0 Å². The number of piperidine rings is 1. The fourth-order valence-corrected chi connectivity index (χ4v) is 3.14. The lowest BCUT2D eigenvalue weighted by Gasteiger charge is -2.36. The molecule has 0 spiro atoms. The number of aliphatic hydroxyl groups excluding tert-OH is 1. The molecule has 2 aliphatic heterocycles. The Bertz CT molecular complexity index is 157. The van der Waals surface area contributed by atoms with Gasteiger partial charge in [0.25, 0.3) is 0 Å². The number of fused-ring (bicyclic) bond motifs is 2. The summed E-state index contributed by atoms with van der Waals surface area (Å²) in [6, 6.07) is 1.73. The van der Waals surface area contributed by atoms with Gasteiger partial charge in [-0.3, -0.25) is 0 Å². The Balaban J connectivity index is 1.84. The highest BCUT2D eigenvalue weighted by molar-refractivity contribution is 4.93. The summed E-state index contributed by atoms with van der Waals surface area (Å²) in [4.78, 5) is 2.58. The summed E-state index contributed by atoms with van der Waals surface area (Å²) in [5.74, 6) is 0.904. The van der Waals surface area contributed by atoms with E-state index in [1.54, 1.807) is 0 Å². The van der Waals surface area contributed by atoms with Gasteiger partial charge in [0.1, 0.15) is 0 Å². The molecular formula is C11H21NO. The van der Waals surface area contributed by atoms with E-state index in [1.165, 1.54) is 32.1 Å². The van der Waals surface area contributed by atoms with Gasteiger partial charge in [-0.1, -0.05) is 0 Å². The maximum atomic E-state index is 8.79. The van der Waals surface area contributed by atoms with E-state index in [0.29, 0.717) is 6.61 Å². The molecule has 0 aromatic rings. The molecule has 2 unspecified atom stereocenters. The number of aliphatic hydroxyl groups is 1. The third-order valence-corrected chi connectivity index (χ3v) is 3.97. The Hall–Kier alpha value is -0.0800. The quantitative estimate of drug-likeness (QED) is 0.719. The van der Waals surface area contributed by atoms with Crippen molar-refractivity contribution in [3.8, 4) is 0 Å². The molecule has 2 atom stereocenters. The molecule has 2 saturated heterocycles. The second-order valence-corrected chi connectivity index (χ2v) is 4.75. The normalized spacial score (nSPS) is 39.7. The lowest BCUT2D eigenvalue weighted by atomic mass is 9.88. The average molecular weight is 183 g/mol. The smallest absolute Gasteiger partial charge is 0.0431 e. The Labute approximate surface area is 80.9 Å². The highest BCUT2D eigenvalue weighted by Crippen LogP contribution is 2.38. The van der Waals surface area contributed by atoms with E-state index < -0.39 is 0 Å². The zero-order chi connectivity index (χ0) is 9.26. The summed E-state index contributed by atoms with van der Waals surface area (Å²) in [5.41, 5.74) is 0. The SMILES string of the molecule is CN1C2CCC1CC(CCCO)C2. The third-order valence-electron chi connectivity index (χ3n) is 3.97. The fraction of sp³-hybridized carbons (Fsp3) is 1.00. The topological polar surface area (TPSA) is 23.5 Å². The molecule has 0 aromatic heterocycles. The van der Waals surface area contributed by atoms with E-state index in [2.05, 4.69) is 11.9 Å². The van der Waals surface area contributed by atoms with Gasteiger partial charge in [0, 0.05) is 18.7 Å². The first-order chi connectivity index (χ1) is 6.31. The number of hydrogen-bond acceptors (Lipinski definition) is 2. The maximum Gasteiger partial charge on any atom is 0.0431 e. The van der Waals surface area contributed by atoms with Crippen LogP contribution in [-0.2, 0) is 0 Å². The molecule has 2 fully saturated rings. The molecule has 13 heavy (non-hydrogen) atoms. The van der Waals surface area contributed by atoms with Crippen LogP contribution in [-0.4, -0.2) is 35.7 Å². The van der Waals surface area contributed by atoms with Crippen molar-refractivity contribution < 1.29 is 5.11 Å². The Morgan fingerprint density at radius 1 is 1.23 bits per heavy atom. The van der Waals surface area contributed by atoms with Gasteiger partial charge in [0.05, 0.1) is 0 Å². The van der Waals surface area contributed by atoms with E-state index >= 15 is 0 Å². The van der Waals surface area contributed by atoms with Gasteiger partial charge in [-0.15, -0.1) is 0 Å². The van der Waals surface area contributed by atoms with E-state index in [0.717, 1.165) is 24.4 Å². The van der Waals surface area contributed by atoms with Crippen molar-refractivity contribution in [1.29, 1.82) is 0 Å². The summed E-state index contributed by atoms with van der Waals surface area (Å²) in [6.07, 6.45) is 7.85. The molecule has 76 valence electrons. The minimum atomic E-state index is 0.377. The number of rotatable bonds is 3. The van der Waals surface area contributed by atoms with Crippen LogP contribution in [0, 0.1) is 5.92 Å². The van der Waals surface area contributed by atoms with Gasteiger partial charge in [-0.25, -0.2) is 0 Å². The predicted molar refractivity (Wildman–Crippen MR) is 53.6 cm³/mol. The summed E-state index contributed by atoms with van der Waals surface area (Å²) in [7, 11) is 2.28. The van der Waals surface area contributed by atoms with Gasteiger partial charge in [-0.05, 0) is 51.5 Å². The molecule has 0 amide bonds. The highest BCUT2D eigenvalue weighted by Gasteiger charge is 2.37. The van der Waals surface area contributed by atoms with Crippen LogP contribution in [0.25, 0.3) is 0 Å². The van der Waals surface area contributed by atoms with Crippen LogP contribution in [0.2, 0.25) is 0 Å². The minimum absolute atomic E-state index is 0.377. The van der Waals surface area contributed by atoms with Crippen LogP contribution in [0.4, 0.5) is 0 Å². The van der Waals surface area contributed by atoms with Crippen LogP contribution in [0.15, 0.2) is 0 Å². The van der Waals surface area contributed by atoms with Crippen LogP contribution in [0.1, 0.15) is 38.5 Å². The summed E-state index contributed by atoms with van der Waals surface area (Å²) in [6.45, 7) is 0.377. The molecule has 1 N–H and O–H groups in total. The monoisotopic (exact) mass is 183 g/mol. The summed E-state index contributed by atoms with van der Waals surface area (Å²) >= 11 is 0. The number of hydrogen-bond donors (Lipinski definition) is 1. The van der Waals surface area contributed by atoms with E-state index in [4.69, 9.17) is 5.11 Å². The predicted octanol–water partition coefficient (Wildman–Crippen LogP) is 1.63. The first-order valence-electron chi connectivity index (χ1n) is 5.64. The molecule has 2 heteroatoms. The first kappa shape index (κ1) is 9.47. The lowest BCUT2D eigenvalue weighted by molar-refractivity contribution is 0.124. The number of nitrogens with zero attached hydrogens (tertiary/aromatic N) is 1. The van der Waals surface area contributed by atoms with Gasteiger partial charge in [0.15, 0.2) is 0 Å². The zero-order valence-electron chi connectivity index (χ0n) is 8.58. The van der Waals surface area contributed by atoms with Crippen LogP contribution < -0.4 is 0 Å². The molecule has 0 radical (unpaired) electrons. The molecule has 2 bridgehead atoms. The molecular weight excluding hydrogens is 162 g/mol. The van der Waals surface area contributed by atoms with Crippen molar-refractivity contribution in [2.24, 2.45) is 5.92 Å². The molecule has 2 heterocycles. The molecule has 0 aliphatic carbocycles. The van der Waals surface area contributed by atoms with Crippen LogP contribution >= 0.6 is 0 Å². The minimum Gasteiger partial charge on any atom is -0.396 e. The molecule has 0 aromatic carbocycles. The molecule has 2 aliphatic rings. The van der Waals surface area contributed by atoms with Gasteiger partial charge < -0.3 is 10.0 Å². The average Bonchev–Trinajstić information content (AvgIpc) is 2.41. The Morgan fingerprint density at radius 2 is 1.85 bits per heavy atom. The van der Waals surface area contributed by atoms with Crippen molar-refractivity contribution in [3.05, 3.63) is 0 Å².